The van der Waals surface area contributed by atoms with Crippen LogP contribution in [0.15, 0.2) is 0 Å². The van der Waals surface area contributed by atoms with E-state index in [1.165, 1.54) is 0 Å². The van der Waals surface area contributed by atoms with Crippen molar-refractivity contribution < 1.29 is 1.37 Å². The first-order valence-corrected chi connectivity index (χ1v) is 2.46. The predicted molar refractivity (Wildman–Crippen MR) is 27.3 cm³/mol. The third-order valence-corrected chi connectivity index (χ3v) is 0. The summed E-state index contributed by atoms with van der Waals surface area (Å²) >= 11 is 5.92. The zero-order valence-corrected chi connectivity index (χ0v) is 5.43. The van der Waals surface area contributed by atoms with E-state index in [1.54, 1.807) is 6.92 Å². The maximum Gasteiger partial charge on any atom is 0.0669 e. The lowest BCUT2D eigenvalue weighted by molar-refractivity contribution is 1.48. The van der Waals surface area contributed by atoms with Gasteiger partial charge in [-0.3, -0.25) is 0 Å². The summed E-state index contributed by atoms with van der Waals surface area (Å²) in [6, 6.07) is 0. The van der Waals surface area contributed by atoms with Crippen LogP contribution in [0.3, 0.4) is 0 Å². The smallest absolute Gasteiger partial charge is 0.0669 e. The Morgan fingerprint density at radius 2 is 2.00 bits per heavy atom. The molecule has 4 heavy (non-hydrogen) atoms. The van der Waals surface area contributed by atoms with E-state index in [0.717, 1.165) is 0 Å². The number of rotatable bonds is 0. The highest BCUT2D eigenvalue weighted by molar-refractivity contribution is 9.24. The molecule has 0 aromatic heterocycles. The van der Waals surface area contributed by atoms with Crippen molar-refractivity contribution in [2.24, 2.45) is 0 Å². The standard InChI is InChI=1S/C2H4Br2/c1-2(3)4/h2H,1H3/i2D. The van der Waals surface area contributed by atoms with Gasteiger partial charge in [0.25, 0.3) is 0 Å². The van der Waals surface area contributed by atoms with E-state index in [1.807, 2.05) is 0 Å². The Bertz CT molecular complexity index is 23.1. The van der Waals surface area contributed by atoms with Gasteiger partial charge in [-0.2, -0.15) is 0 Å². The van der Waals surface area contributed by atoms with E-state index in [4.69, 9.17) is 1.37 Å². The summed E-state index contributed by atoms with van der Waals surface area (Å²) in [4.78, 5) is 0. The average molecular weight is 189 g/mol. The topological polar surface area (TPSA) is 0 Å². The lowest BCUT2D eigenvalue weighted by Gasteiger charge is -1.73. The Morgan fingerprint density at radius 1 is 2.00 bits per heavy atom. The second-order valence-electron chi connectivity index (χ2n) is 0.449. The summed E-state index contributed by atoms with van der Waals surface area (Å²) in [6.07, 6.45) is 0. The number of alkyl halides is 2. The molecule has 0 aliphatic carbocycles. The van der Waals surface area contributed by atoms with Gasteiger partial charge in [-0.05, 0) is 6.92 Å². The van der Waals surface area contributed by atoms with Gasteiger partial charge in [0.05, 0.1) is 5.08 Å². The van der Waals surface area contributed by atoms with Crippen LogP contribution in [0.5, 0.6) is 0 Å². The normalized spacial score (nSPS) is 15.2. The molecule has 0 aromatic carbocycles. The first kappa shape index (κ1) is 3.16. The number of hydrogen-bond acceptors (Lipinski definition) is 0. The Kier molecular flexibility index (Phi) is 1.75. The molecule has 0 radical (unpaired) electrons. The van der Waals surface area contributed by atoms with Crippen LogP contribution in [0.2, 0.25) is 0 Å². The van der Waals surface area contributed by atoms with Crippen LogP contribution in [-0.4, -0.2) is 3.71 Å². The van der Waals surface area contributed by atoms with Crippen LogP contribution >= 0.6 is 31.9 Å². The minimum absolute atomic E-state index is 0.625. The van der Waals surface area contributed by atoms with Gasteiger partial charge >= 0.3 is 0 Å². The summed E-state index contributed by atoms with van der Waals surface area (Å²) < 4.78 is 6.15. The van der Waals surface area contributed by atoms with Gasteiger partial charge in [-0.1, -0.05) is 31.9 Å². The minimum Gasteiger partial charge on any atom is -0.0768 e. The average Bonchev–Trinajstić information content (AvgIpc) is 0.722. The number of halogens is 2. The molecule has 26 valence electrons. The fraction of sp³-hybridized carbons (Fsp3) is 1.00. The van der Waals surface area contributed by atoms with Gasteiger partial charge in [0, 0.05) is 0 Å². The molecule has 0 aliphatic rings. The van der Waals surface area contributed by atoms with Crippen molar-refractivity contribution in [1.29, 1.82) is 0 Å². The van der Waals surface area contributed by atoms with Crippen LogP contribution in [0.25, 0.3) is 0 Å². The fourth-order valence-corrected chi connectivity index (χ4v) is 0. The zero-order chi connectivity index (χ0) is 4.50. The van der Waals surface area contributed by atoms with Crippen molar-refractivity contribution in [2.45, 2.75) is 10.6 Å². The predicted octanol–water partition coefficient (Wildman–Crippen LogP) is 2.12. The van der Waals surface area contributed by atoms with Crippen molar-refractivity contribution in [2.75, 3.05) is 0 Å². The molecule has 0 aliphatic heterocycles. The van der Waals surface area contributed by atoms with Crippen molar-refractivity contribution in [3.05, 3.63) is 0 Å². The highest BCUT2D eigenvalue weighted by Crippen LogP contribution is 2.03. The molecule has 0 bridgehead atoms. The molecule has 0 aromatic rings. The quantitative estimate of drug-likeness (QED) is 0.512. The van der Waals surface area contributed by atoms with Crippen LogP contribution < -0.4 is 0 Å². The largest absolute Gasteiger partial charge is 0.0768 e. The van der Waals surface area contributed by atoms with Gasteiger partial charge in [0.2, 0.25) is 0 Å². The van der Waals surface area contributed by atoms with E-state index in [0.29, 0.717) is 0 Å². The molecule has 0 spiro atoms. The first-order chi connectivity index (χ1) is 2.00. The van der Waals surface area contributed by atoms with E-state index in [-0.39, 0.29) is 0 Å². The van der Waals surface area contributed by atoms with Crippen LogP contribution in [0.4, 0.5) is 0 Å². The molecule has 0 N–H and O–H groups in total. The maximum absolute atomic E-state index is 6.77. The fourth-order valence-electron chi connectivity index (χ4n) is 0. The highest BCUT2D eigenvalue weighted by Gasteiger charge is 1.74. The number of hydrogen-bond donors (Lipinski definition) is 0. The molecule has 0 atom stereocenters. The summed E-state index contributed by atoms with van der Waals surface area (Å²) in [5.74, 6) is 0. The molecule has 0 fully saturated rings. The van der Waals surface area contributed by atoms with E-state index in [2.05, 4.69) is 31.9 Å². The molecular formula is C2H4Br2. The molecule has 0 unspecified atom stereocenters. The van der Waals surface area contributed by atoms with Gasteiger partial charge in [0.15, 0.2) is 0 Å². The third kappa shape index (κ3) is 12.3. The maximum atomic E-state index is 6.77. The van der Waals surface area contributed by atoms with E-state index in [9.17, 15) is 0 Å². The summed E-state index contributed by atoms with van der Waals surface area (Å²) in [6.45, 7) is 1.69. The molecule has 0 amide bonds. The summed E-state index contributed by atoms with van der Waals surface area (Å²) in [7, 11) is 0. The molecule has 0 rings (SSSR count). The van der Waals surface area contributed by atoms with E-state index < -0.39 is 3.71 Å². The second kappa shape index (κ2) is 2.21. The van der Waals surface area contributed by atoms with Crippen LogP contribution in [-0.2, 0) is 0 Å². The lowest BCUT2D eigenvalue weighted by atomic mass is 11.0. The lowest BCUT2D eigenvalue weighted by Crippen LogP contribution is -1.60. The third-order valence-electron chi connectivity index (χ3n) is 0. The van der Waals surface area contributed by atoms with Crippen molar-refractivity contribution in [1.82, 2.24) is 0 Å². The van der Waals surface area contributed by atoms with E-state index >= 15 is 0 Å². The molecule has 0 saturated carbocycles. The van der Waals surface area contributed by atoms with Gasteiger partial charge in [-0.15, -0.1) is 0 Å². The Balaban J connectivity index is 3.02. The zero-order valence-electron chi connectivity index (χ0n) is 3.26. The summed E-state index contributed by atoms with van der Waals surface area (Å²) in [5.41, 5.74) is 0. The molecule has 0 nitrogen and oxygen atoms in total. The Labute approximate surface area is 44.2 Å². The van der Waals surface area contributed by atoms with Gasteiger partial charge in [-0.25, -0.2) is 0 Å². The monoisotopic (exact) mass is 187 g/mol. The molecule has 2 heteroatoms. The SMILES string of the molecule is [2H]C(C)(Br)Br. The summed E-state index contributed by atoms with van der Waals surface area (Å²) in [5, 5.41) is 0. The molecule has 0 saturated heterocycles. The van der Waals surface area contributed by atoms with Crippen molar-refractivity contribution in [3.8, 4) is 0 Å². The minimum atomic E-state index is -0.625. The highest BCUT2D eigenvalue weighted by atomic mass is 79.9. The molecular weight excluding hydrogens is 184 g/mol. The molecule has 0 heterocycles. The van der Waals surface area contributed by atoms with Gasteiger partial charge < -0.3 is 0 Å². The van der Waals surface area contributed by atoms with Crippen molar-refractivity contribution >= 4 is 31.9 Å². The van der Waals surface area contributed by atoms with Gasteiger partial charge in [0.1, 0.15) is 0 Å². The first-order valence-electron chi connectivity index (χ1n) is 1.38. The Hall–Kier alpha value is 0.960. The second-order valence-corrected chi connectivity index (χ2v) is 3.89. The Morgan fingerprint density at radius 3 is 2.00 bits per heavy atom. The van der Waals surface area contributed by atoms with Crippen LogP contribution in [0.1, 0.15) is 8.29 Å². The van der Waals surface area contributed by atoms with Crippen LogP contribution in [0, 0.1) is 0 Å². The van der Waals surface area contributed by atoms with Crippen molar-refractivity contribution in [3.63, 3.8) is 0 Å².